The molecular formula is C16H15NO2. The smallest absolute Gasteiger partial charge is 0.305 e. The maximum atomic E-state index is 10.8. The lowest BCUT2D eigenvalue weighted by Crippen LogP contribution is -2.26. The molecule has 1 aliphatic rings. The summed E-state index contributed by atoms with van der Waals surface area (Å²) in [6.07, 6.45) is 2.26. The van der Waals surface area contributed by atoms with Crippen molar-refractivity contribution in [2.45, 2.75) is 13.3 Å². The van der Waals surface area contributed by atoms with Gasteiger partial charge in [-0.3, -0.25) is 4.79 Å². The van der Waals surface area contributed by atoms with E-state index in [4.69, 9.17) is 5.11 Å². The number of anilines is 1. The summed E-state index contributed by atoms with van der Waals surface area (Å²) in [5.74, 6) is -0.765. The van der Waals surface area contributed by atoms with E-state index < -0.39 is 5.97 Å². The Bertz CT molecular complexity index is 683. The second-order valence-electron chi connectivity index (χ2n) is 4.80. The fourth-order valence-electron chi connectivity index (χ4n) is 2.69. The van der Waals surface area contributed by atoms with Crippen LogP contribution in [0.15, 0.2) is 42.1 Å². The van der Waals surface area contributed by atoms with Crippen LogP contribution in [0.5, 0.6) is 0 Å². The molecule has 96 valence electrons. The SMILES string of the molecule is CC1=Cc2cccc3cccc(c23)N1CCC(=O)O. The predicted molar refractivity (Wildman–Crippen MR) is 77.2 cm³/mol. The van der Waals surface area contributed by atoms with E-state index in [2.05, 4.69) is 41.3 Å². The number of carbonyl (C=O) groups is 1. The van der Waals surface area contributed by atoms with Gasteiger partial charge in [0, 0.05) is 23.3 Å². The molecule has 3 nitrogen and oxygen atoms in total. The molecule has 0 aromatic heterocycles. The molecule has 2 aromatic carbocycles. The van der Waals surface area contributed by atoms with E-state index in [-0.39, 0.29) is 6.42 Å². The zero-order valence-electron chi connectivity index (χ0n) is 10.8. The first kappa shape index (κ1) is 11.8. The number of aliphatic carboxylic acids is 1. The predicted octanol–water partition coefficient (Wildman–Crippen LogP) is 3.50. The highest BCUT2D eigenvalue weighted by molar-refractivity contribution is 6.03. The molecule has 3 heteroatoms. The van der Waals surface area contributed by atoms with E-state index in [1.54, 1.807) is 0 Å². The van der Waals surface area contributed by atoms with Crippen molar-refractivity contribution in [3.8, 4) is 0 Å². The molecule has 1 N–H and O–H groups in total. The second-order valence-corrected chi connectivity index (χ2v) is 4.80. The van der Waals surface area contributed by atoms with Gasteiger partial charge in [-0.15, -0.1) is 0 Å². The van der Waals surface area contributed by atoms with Gasteiger partial charge in [-0.25, -0.2) is 0 Å². The maximum absolute atomic E-state index is 10.8. The van der Waals surface area contributed by atoms with Crippen molar-refractivity contribution < 1.29 is 9.90 Å². The lowest BCUT2D eigenvalue weighted by atomic mass is 9.97. The normalized spacial score (nSPS) is 13.5. The number of hydrogen-bond acceptors (Lipinski definition) is 2. The summed E-state index contributed by atoms with van der Waals surface area (Å²) in [6.45, 7) is 2.53. The molecule has 0 atom stereocenters. The first-order valence-corrected chi connectivity index (χ1v) is 6.36. The number of nitrogens with zero attached hydrogens (tertiary/aromatic N) is 1. The van der Waals surface area contributed by atoms with Gasteiger partial charge in [-0.05, 0) is 30.0 Å². The third-order valence-electron chi connectivity index (χ3n) is 3.55. The molecule has 1 aliphatic heterocycles. The Labute approximate surface area is 111 Å². The number of rotatable bonds is 3. The fraction of sp³-hybridized carbons (Fsp3) is 0.188. The van der Waals surface area contributed by atoms with Crippen molar-refractivity contribution in [3.63, 3.8) is 0 Å². The third kappa shape index (κ3) is 1.97. The second kappa shape index (κ2) is 4.43. The number of carboxylic acid groups (broad SMARTS) is 1. The molecule has 2 aromatic rings. The van der Waals surface area contributed by atoms with Crippen molar-refractivity contribution in [2.75, 3.05) is 11.4 Å². The molecule has 0 fully saturated rings. The van der Waals surface area contributed by atoms with E-state index in [1.807, 2.05) is 13.0 Å². The quantitative estimate of drug-likeness (QED) is 0.910. The third-order valence-corrected chi connectivity index (χ3v) is 3.55. The van der Waals surface area contributed by atoms with Crippen molar-refractivity contribution in [2.24, 2.45) is 0 Å². The molecule has 0 aliphatic carbocycles. The number of hydrogen-bond donors (Lipinski definition) is 1. The zero-order chi connectivity index (χ0) is 13.4. The van der Waals surface area contributed by atoms with Crippen LogP contribution in [-0.4, -0.2) is 17.6 Å². The number of benzene rings is 2. The molecule has 0 saturated heterocycles. The molecule has 0 radical (unpaired) electrons. The summed E-state index contributed by atoms with van der Waals surface area (Å²) in [5.41, 5.74) is 3.40. The summed E-state index contributed by atoms with van der Waals surface area (Å²) in [4.78, 5) is 12.9. The first-order valence-electron chi connectivity index (χ1n) is 6.36. The van der Waals surface area contributed by atoms with Crippen LogP contribution in [0.3, 0.4) is 0 Å². The van der Waals surface area contributed by atoms with Crippen LogP contribution in [0.2, 0.25) is 0 Å². The van der Waals surface area contributed by atoms with E-state index in [9.17, 15) is 4.79 Å². The number of allylic oxidation sites excluding steroid dienone is 1. The van der Waals surface area contributed by atoms with Gasteiger partial charge in [-0.2, -0.15) is 0 Å². The highest BCUT2D eigenvalue weighted by atomic mass is 16.4. The molecule has 1 heterocycles. The van der Waals surface area contributed by atoms with Crippen molar-refractivity contribution in [1.82, 2.24) is 0 Å². The van der Waals surface area contributed by atoms with Crippen molar-refractivity contribution in [1.29, 1.82) is 0 Å². The molecule has 0 bridgehead atoms. The Morgan fingerprint density at radius 3 is 2.68 bits per heavy atom. The minimum absolute atomic E-state index is 0.143. The molecule has 19 heavy (non-hydrogen) atoms. The van der Waals surface area contributed by atoms with E-state index in [0.29, 0.717) is 6.54 Å². The Morgan fingerprint density at radius 2 is 1.95 bits per heavy atom. The molecule has 0 unspecified atom stereocenters. The monoisotopic (exact) mass is 253 g/mol. The summed E-state index contributed by atoms with van der Waals surface area (Å²) in [6, 6.07) is 12.4. The standard InChI is InChI=1S/C16H15NO2/c1-11-10-13-6-2-4-12-5-3-7-14(16(12)13)17(11)9-8-15(18)19/h2-7,10H,8-9H2,1H3,(H,18,19). The van der Waals surface area contributed by atoms with Crippen LogP contribution in [0.4, 0.5) is 5.69 Å². The van der Waals surface area contributed by atoms with Crippen LogP contribution < -0.4 is 4.90 Å². The van der Waals surface area contributed by atoms with Crippen LogP contribution >= 0.6 is 0 Å². The van der Waals surface area contributed by atoms with Crippen LogP contribution in [0.1, 0.15) is 18.9 Å². The minimum atomic E-state index is -0.765. The minimum Gasteiger partial charge on any atom is -0.481 e. The Morgan fingerprint density at radius 1 is 1.21 bits per heavy atom. The van der Waals surface area contributed by atoms with Gasteiger partial charge in [-0.1, -0.05) is 30.3 Å². The molecular weight excluding hydrogens is 238 g/mol. The average Bonchev–Trinajstić information content (AvgIpc) is 2.38. The molecule has 0 spiro atoms. The largest absolute Gasteiger partial charge is 0.481 e. The highest BCUT2D eigenvalue weighted by Crippen LogP contribution is 2.37. The van der Waals surface area contributed by atoms with Crippen LogP contribution in [0, 0.1) is 0 Å². The van der Waals surface area contributed by atoms with E-state index >= 15 is 0 Å². The van der Waals surface area contributed by atoms with E-state index in [0.717, 1.165) is 11.4 Å². The maximum Gasteiger partial charge on any atom is 0.305 e. The van der Waals surface area contributed by atoms with Gasteiger partial charge < -0.3 is 10.0 Å². The summed E-state index contributed by atoms with van der Waals surface area (Å²) >= 11 is 0. The topological polar surface area (TPSA) is 40.5 Å². The van der Waals surface area contributed by atoms with Gasteiger partial charge in [0.25, 0.3) is 0 Å². The van der Waals surface area contributed by atoms with Gasteiger partial charge in [0.2, 0.25) is 0 Å². The highest BCUT2D eigenvalue weighted by Gasteiger charge is 2.18. The van der Waals surface area contributed by atoms with Gasteiger partial charge in [0.05, 0.1) is 6.42 Å². The first-order chi connectivity index (χ1) is 9.16. The van der Waals surface area contributed by atoms with Crippen LogP contribution in [0.25, 0.3) is 16.8 Å². The Balaban J connectivity index is 2.13. The number of carboxylic acids is 1. The molecule has 0 amide bonds. The summed E-state index contributed by atoms with van der Waals surface area (Å²) in [7, 11) is 0. The van der Waals surface area contributed by atoms with Crippen LogP contribution in [-0.2, 0) is 4.79 Å². The Kier molecular flexibility index (Phi) is 2.75. The lowest BCUT2D eigenvalue weighted by Gasteiger charge is -2.30. The lowest BCUT2D eigenvalue weighted by molar-refractivity contribution is -0.136. The molecule has 3 rings (SSSR count). The summed E-state index contributed by atoms with van der Waals surface area (Å²) in [5, 5.41) is 11.3. The van der Waals surface area contributed by atoms with Crippen molar-refractivity contribution >= 4 is 28.5 Å². The Hall–Kier alpha value is -2.29. The van der Waals surface area contributed by atoms with Crippen molar-refractivity contribution in [3.05, 3.63) is 47.7 Å². The average molecular weight is 253 g/mol. The summed E-state index contributed by atoms with van der Waals surface area (Å²) < 4.78 is 0. The van der Waals surface area contributed by atoms with Gasteiger partial charge in [0.15, 0.2) is 0 Å². The van der Waals surface area contributed by atoms with E-state index in [1.165, 1.54) is 16.3 Å². The fourth-order valence-corrected chi connectivity index (χ4v) is 2.69. The van der Waals surface area contributed by atoms with Gasteiger partial charge >= 0.3 is 5.97 Å². The molecule has 0 saturated carbocycles. The zero-order valence-corrected chi connectivity index (χ0v) is 10.8. The van der Waals surface area contributed by atoms with Gasteiger partial charge in [0.1, 0.15) is 0 Å².